The first-order valence-electron chi connectivity index (χ1n) is 10.6. The Bertz CT molecular complexity index is 1100. The first kappa shape index (κ1) is 26.3. The van der Waals surface area contributed by atoms with Crippen molar-refractivity contribution in [1.29, 1.82) is 0 Å². The minimum absolute atomic E-state index is 0.0171. The van der Waals surface area contributed by atoms with Crippen LogP contribution in [0.5, 0.6) is 0 Å². The number of anilines is 1. The van der Waals surface area contributed by atoms with Gasteiger partial charge in [-0.2, -0.15) is 0 Å². The zero-order valence-corrected chi connectivity index (χ0v) is 20.7. The Balaban J connectivity index is 2.41. The number of rotatable bonds is 8. The monoisotopic (exact) mass is 477 g/mol. The van der Waals surface area contributed by atoms with Crippen LogP contribution in [0.3, 0.4) is 0 Å². The van der Waals surface area contributed by atoms with Gasteiger partial charge in [-0.1, -0.05) is 30.3 Å². The topological polar surface area (TPSA) is 86.8 Å². The Morgan fingerprint density at radius 2 is 1.64 bits per heavy atom. The molecule has 0 heterocycles. The number of aryl methyl sites for hydroxylation is 1. The molecule has 0 aliphatic rings. The van der Waals surface area contributed by atoms with E-state index in [1.807, 2.05) is 20.8 Å². The van der Waals surface area contributed by atoms with Crippen molar-refractivity contribution in [3.63, 3.8) is 0 Å². The number of hydrogen-bond donors (Lipinski definition) is 1. The molecule has 7 nitrogen and oxygen atoms in total. The summed E-state index contributed by atoms with van der Waals surface area (Å²) in [6.45, 7) is 8.37. The highest BCUT2D eigenvalue weighted by Gasteiger charge is 2.31. The van der Waals surface area contributed by atoms with Crippen molar-refractivity contribution >= 4 is 27.5 Å². The molecule has 180 valence electrons. The maximum Gasteiger partial charge on any atom is 0.244 e. The van der Waals surface area contributed by atoms with Crippen LogP contribution < -0.4 is 9.62 Å². The van der Waals surface area contributed by atoms with Gasteiger partial charge < -0.3 is 10.2 Å². The molecule has 0 unspecified atom stereocenters. The molecule has 2 aromatic rings. The van der Waals surface area contributed by atoms with Gasteiger partial charge in [0.25, 0.3) is 0 Å². The van der Waals surface area contributed by atoms with E-state index in [1.165, 1.54) is 29.2 Å². The molecule has 0 radical (unpaired) electrons. The lowest BCUT2D eigenvalue weighted by atomic mass is 10.1. The SMILES string of the molecule is Cc1ccccc1N(CC(=O)N(Cc1ccc(F)cc1)[C@@H](C)C(=O)NC(C)(C)C)S(C)(=O)=O. The van der Waals surface area contributed by atoms with Crippen LogP contribution in [-0.2, 0) is 26.2 Å². The smallest absolute Gasteiger partial charge is 0.244 e. The van der Waals surface area contributed by atoms with Crippen LogP contribution >= 0.6 is 0 Å². The molecule has 0 fully saturated rings. The molecule has 33 heavy (non-hydrogen) atoms. The van der Waals surface area contributed by atoms with E-state index in [0.29, 0.717) is 16.8 Å². The molecular formula is C24H32FN3O4S. The maximum atomic E-state index is 13.4. The van der Waals surface area contributed by atoms with E-state index in [1.54, 1.807) is 38.1 Å². The lowest BCUT2D eigenvalue weighted by Gasteiger charge is -2.33. The fourth-order valence-corrected chi connectivity index (χ4v) is 4.19. The largest absolute Gasteiger partial charge is 0.350 e. The second-order valence-electron chi connectivity index (χ2n) is 9.12. The van der Waals surface area contributed by atoms with Gasteiger partial charge in [0.15, 0.2) is 0 Å². The minimum atomic E-state index is -3.79. The van der Waals surface area contributed by atoms with E-state index in [0.717, 1.165) is 10.6 Å². The number of carbonyl (C=O) groups is 2. The second kappa shape index (κ2) is 10.3. The second-order valence-corrected chi connectivity index (χ2v) is 11.0. The van der Waals surface area contributed by atoms with Gasteiger partial charge in [-0.3, -0.25) is 13.9 Å². The number of hydrogen-bond acceptors (Lipinski definition) is 4. The standard InChI is InChI=1S/C24H32FN3O4S/c1-17-9-7-8-10-21(17)28(33(6,31)32)16-22(29)27(15-19-11-13-20(25)14-12-19)18(2)23(30)26-24(3,4)5/h7-14,18H,15-16H2,1-6H3,(H,26,30)/t18-/m0/s1. The third-order valence-corrected chi connectivity index (χ3v) is 6.12. The maximum absolute atomic E-state index is 13.4. The highest BCUT2D eigenvalue weighted by Crippen LogP contribution is 2.23. The Morgan fingerprint density at radius 1 is 1.06 bits per heavy atom. The van der Waals surface area contributed by atoms with Crippen LogP contribution in [0.15, 0.2) is 48.5 Å². The summed E-state index contributed by atoms with van der Waals surface area (Å²) >= 11 is 0. The van der Waals surface area contributed by atoms with Crippen LogP contribution in [-0.4, -0.2) is 49.5 Å². The highest BCUT2D eigenvalue weighted by molar-refractivity contribution is 7.92. The zero-order valence-electron chi connectivity index (χ0n) is 19.9. The Hall–Kier alpha value is -2.94. The Morgan fingerprint density at radius 3 is 2.15 bits per heavy atom. The molecule has 0 saturated carbocycles. The number of nitrogens with zero attached hydrogens (tertiary/aromatic N) is 2. The summed E-state index contributed by atoms with van der Waals surface area (Å²) in [5.41, 5.74) is 1.18. The van der Waals surface area contributed by atoms with Crippen LogP contribution in [0.2, 0.25) is 0 Å². The lowest BCUT2D eigenvalue weighted by Crippen LogP contribution is -2.54. The summed E-state index contributed by atoms with van der Waals surface area (Å²) in [7, 11) is -3.79. The average Bonchev–Trinajstić information content (AvgIpc) is 2.69. The van der Waals surface area contributed by atoms with Crippen LogP contribution in [0.25, 0.3) is 0 Å². The third-order valence-electron chi connectivity index (χ3n) is 5.00. The molecule has 0 spiro atoms. The molecule has 0 aromatic heterocycles. The van der Waals surface area contributed by atoms with Crippen molar-refractivity contribution in [1.82, 2.24) is 10.2 Å². The summed E-state index contributed by atoms with van der Waals surface area (Å²) in [6.07, 6.45) is 1.03. The van der Waals surface area contributed by atoms with Crippen molar-refractivity contribution < 1.29 is 22.4 Å². The fourth-order valence-electron chi connectivity index (χ4n) is 3.28. The van der Waals surface area contributed by atoms with Crippen molar-refractivity contribution in [2.45, 2.75) is 52.7 Å². The van der Waals surface area contributed by atoms with E-state index in [-0.39, 0.29) is 12.5 Å². The van der Waals surface area contributed by atoms with Crippen LogP contribution in [0.1, 0.15) is 38.8 Å². The molecule has 0 saturated heterocycles. The third kappa shape index (κ3) is 7.56. The van der Waals surface area contributed by atoms with Gasteiger partial charge in [0.05, 0.1) is 11.9 Å². The number of para-hydroxylation sites is 1. The molecule has 1 N–H and O–H groups in total. The molecule has 9 heteroatoms. The summed E-state index contributed by atoms with van der Waals surface area (Å²) in [4.78, 5) is 27.6. The Labute approximate surface area is 195 Å². The zero-order chi connectivity index (χ0) is 25.0. The van der Waals surface area contributed by atoms with E-state index in [2.05, 4.69) is 5.32 Å². The van der Waals surface area contributed by atoms with Gasteiger partial charge in [0, 0.05) is 12.1 Å². The van der Waals surface area contributed by atoms with Crippen molar-refractivity contribution in [2.24, 2.45) is 0 Å². The van der Waals surface area contributed by atoms with Crippen LogP contribution in [0.4, 0.5) is 10.1 Å². The molecule has 0 aliphatic heterocycles. The lowest BCUT2D eigenvalue weighted by molar-refractivity contribution is -0.140. The summed E-state index contributed by atoms with van der Waals surface area (Å²) in [5.74, 6) is -1.35. The first-order chi connectivity index (χ1) is 15.2. The molecule has 2 rings (SSSR count). The fraction of sp³-hybridized carbons (Fsp3) is 0.417. The average molecular weight is 478 g/mol. The summed E-state index contributed by atoms with van der Waals surface area (Å²) < 4.78 is 39.5. The molecule has 1 atom stereocenters. The number of halogens is 1. The van der Waals surface area contributed by atoms with Crippen molar-refractivity contribution in [2.75, 3.05) is 17.1 Å². The minimum Gasteiger partial charge on any atom is -0.350 e. The molecule has 0 aliphatic carbocycles. The van der Waals surface area contributed by atoms with E-state index < -0.39 is 39.9 Å². The summed E-state index contributed by atoms with van der Waals surface area (Å²) in [6, 6.07) is 11.6. The van der Waals surface area contributed by atoms with E-state index >= 15 is 0 Å². The normalized spacial score (nSPS) is 12.7. The number of amides is 2. The first-order valence-corrected chi connectivity index (χ1v) is 12.4. The van der Waals surface area contributed by atoms with Gasteiger partial charge >= 0.3 is 0 Å². The number of sulfonamides is 1. The van der Waals surface area contributed by atoms with Gasteiger partial charge in [-0.25, -0.2) is 12.8 Å². The number of carbonyl (C=O) groups excluding carboxylic acids is 2. The quantitative estimate of drug-likeness (QED) is 0.633. The predicted octanol–water partition coefficient (Wildman–Crippen LogP) is 3.23. The highest BCUT2D eigenvalue weighted by atomic mass is 32.2. The predicted molar refractivity (Wildman–Crippen MR) is 128 cm³/mol. The van der Waals surface area contributed by atoms with Gasteiger partial charge in [0.2, 0.25) is 21.8 Å². The molecule has 2 aromatic carbocycles. The van der Waals surface area contributed by atoms with E-state index in [4.69, 9.17) is 0 Å². The van der Waals surface area contributed by atoms with Crippen molar-refractivity contribution in [3.8, 4) is 0 Å². The van der Waals surface area contributed by atoms with Gasteiger partial charge in [-0.05, 0) is 63.9 Å². The number of benzene rings is 2. The summed E-state index contributed by atoms with van der Waals surface area (Å²) in [5, 5.41) is 2.85. The van der Waals surface area contributed by atoms with Gasteiger partial charge in [-0.15, -0.1) is 0 Å². The Kier molecular flexibility index (Phi) is 8.24. The molecule has 0 bridgehead atoms. The van der Waals surface area contributed by atoms with Crippen LogP contribution in [0, 0.1) is 12.7 Å². The van der Waals surface area contributed by atoms with Crippen molar-refractivity contribution in [3.05, 3.63) is 65.5 Å². The molecule has 2 amide bonds. The van der Waals surface area contributed by atoms with E-state index in [9.17, 15) is 22.4 Å². The number of nitrogens with one attached hydrogen (secondary N) is 1. The molecular weight excluding hydrogens is 445 g/mol. The van der Waals surface area contributed by atoms with Gasteiger partial charge in [0.1, 0.15) is 18.4 Å².